The molecule has 0 aromatic carbocycles. The zero-order chi connectivity index (χ0) is 12.1. The average molecular weight is 237 g/mol. The molecular formula is C12H19N3O2. The summed E-state index contributed by atoms with van der Waals surface area (Å²) in [6, 6.07) is 0. The molecule has 1 aromatic heterocycles. The van der Waals surface area contributed by atoms with Crippen molar-refractivity contribution < 1.29 is 9.53 Å². The van der Waals surface area contributed by atoms with Crippen LogP contribution in [0.1, 0.15) is 32.0 Å². The maximum atomic E-state index is 12.1. The normalized spacial score (nSPS) is 20.4. The monoisotopic (exact) mass is 237 g/mol. The lowest BCUT2D eigenvalue weighted by Crippen LogP contribution is -2.27. The van der Waals surface area contributed by atoms with E-state index in [0.29, 0.717) is 13.0 Å². The Morgan fingerprint density at radius 2 is 2.53 bits per heavy atom. The van der Waals surface area contributed by atoms with Gasteiger partial charge in [-0.15, -0.1) is 0 Å². The van der Waals surface area contributed by atoms with Gasteiger partial charge in [0.25, 0.3) is 0 Å². The molecule has 0 aliphatic carbocycles. The fourth-order valence-electron chi connectivity index (χ4n) is 2.12. The summed E-state index contributed by atoms with van der Waals surface area (Å²) in [4.78, 5) is 16.2. The SMILES string of the molecule is CCCn1ncnc1CC(=O)C1CCCOC1. The van der Waals surface area contributed by atoms with Crippen molar-refractivity contribution in [3.8, 4) is 0 Å². The highest BCUT2D eigenvalue weighted by Crippen LogP contribution is 2.16. The van der Waals surface area contributed by atoms with Crippen LogP contribution in [-0.4, -0.2) is 33.8 Å². The molecular weight excluding hydrogens is 218 g/mol. The Bertz CT molecular complexity index is 370. The van der Waals surface area contributed by atoms with Crippen molar-refractivity contribution in [1.82, 2.24) is 14.8 Å². The van der Waals surface area contributed by atoms with E-state index in [1.807, 2.05) is 4.68 Å². The Balaban J connectivity index is 1.94. The third-order valence-corrected chi connectivity index (χ3v) is 3.08. The molecule has 1 fully saturated rings. The molecule has 0 amide bonds. The van der Waals surface area contributed by atoms with E-state index in [-0.39, 0.29) is 11.7 Å². The van der Waals surface area contributed by atoms with E-state index in [0.717, 1.165) is 38.2 Å². The molecule has 0 radical (unpaired) electrons. The Labute approximate surface area is 101 Å². The second-order valence-electron chi connectivity index (χ2n) is 4.46. The smallest absolute Gasteiger partial charge is 0.145 e. The first-order valence-corrected chi connectivity index (χ1v) is 6.28. The van der Waals surface area contributed by atoms with E-state index in [2.05, 4.69) is 17.0 Å². The fourth-order valence-corrected chi connectivity index (χ4v) is 2.12. The molecule has 5 nitrogen and oxygen atoms in total. The predicted molar refractivity (Wildman–Crippen MR) is 62.6 cm³/mol. The zero-order valence-corrected chi connectivity index (χ0v) is 10.3. The van der Waals surface area contributed by atoms with Gasteiger partial charge in [0, 0.05) is 19.1 Å². The van der Waals surface area contributed by atoms with Gasteiger partial charge in [0.1, 0.15) is 17.9 Å². The number of carbonyl (C=O) groups excluding carboxylic acids is 1. The topological polar surface area (TPSA) is 57.0 Å². The van der Waals surface area contributed by atoms with E-state index in [9.17, 15) is 4.79 Å². The van der Waals surface area contributed by atoms with Gasteiger partial charge in [0.2, 0.25) is 0 Å². The summed E-state index contributed by atoms with van der Waals surface area (Å²) in [5, 5.41) is 4.13. The number of hydrogen-bond donors (Lipinski definition) is 0. The minimum atomic E-state index is 0.0514. The second-order valence-corrected chi connectivity index (χ2v) is 4.46. The maximum Gasteiger partial charge on any atom is 0.145 e. The Kier molecular flexibility index (Phi) is 4.25. The highest BCUT2D eigenvalue weighted by atomic mass is 16.5. The number of hydrogen-bond acceptors (Lipinski definition) is 4. The number of nitrogens with zero attached hydrogens (tertiary/aromatic N) is 3. The minimum Gasteiger partial charge on any atom is -0.381 e. The molecule has 1 saturated heterocycles. The van der Waals surface area contributed by atoms with Crippen LogP contribution < -0.4 is 0 Å². The van der Waals surface area contributed by atoms with Crippen molar-refractivity contribution in [2.24, 2.45) is 5.92 Å². The molecule has 1 aliphatic rings. The van der Waals surface area contributed by atoms with Gasteiger partial charge in [-0.1, -0.05) is 6.92 Å². The summed E-state index contributed by atoms with van der Waals surface area (Å²) in [5.41, 5.74) is 0. The van der Waals surface area contributed by atoms with Crippen LogP contribution in [-0.2, 0) is 22.5 Å². The van der Waals surface area contributed by atoms with Crippen LogP contribution in [0, 0.1) is 5.92 Å². The van der Waals surface area contributed by atoms with Crippen molar-refractivity contribution in [2.45, 2.75) is 39.2 Å². The number of ether oxygens (including phenoxy) is 1. The van der Waals surface area contributed by atoms with Crippen LogP contribution in [0.5, 0.6) is 0 Å². The Hall–Kier alpha value is -1.23. The third kappa shape index (κ3) is 3.12. The van der Waals surface area contributed by atoms with Gasteiger partial charge < -0.3 is 4.74 Å². The number of ketones is 1. The van der Waals surface area contributed by atoms with Gasteiger partial charge in [-0.3, -0.25) is 4.79 Å². The first kappa shape index (κ1) is 12.2. The molecule has 94 valence electrons. The second kappa shape index (κ2) is 5.91. The minimum absolute atomic E-state index is 0.0514. The van der Waals surface area contributed by atoms with Crippen molar-refractivity contribution in [3.05, 3.63) is 12.2 Å². The van der Waals surface area contributed by atoms with Gasteiger partial charge in [-0.25, -0.2) is 9.67 Å². The highest BCUT2D eigenvalue weighted by molar-refractivity contribution is 5.82. The predicted octanol–water partition coefficient (Wildman–Crippen LogP) is 1.23. The van der Waals surface area contributed by atoms with Crippen molar-refractivity contribution in [2.75, 3.05) is 13.2 Å². The molecule has 0 spiro atoms. The molecule has 1 aliphatic heterocycles. The number of aryl methyl sites for hydroxylation is 1. The summed E-state index contributed by atoms with van der Waals surface area (Å²) >= 11 is 0. The largest absolute Gasteiger partial charge is 0.381 e. The van der Waals surface area contributed by atoms with Crippen LogP contribution in [0.3, 0.4) is 0 Å². The summed E-state index contributed by atoms with van der Waals surface area (Å²) in [6.07, 6.45) is 4.83. The van der Waals surface area contributed by atoms with Gasteiger partial charge in [0.15, 0.2) is 0 Å². The third-order valence-electron chi connectivity index (χ3n) is 3.08. The maximum absolute atomic E-state index is 12.1. The molecule has 2 rings (SSSR count). The van der Waals surface area contributed by atoms with Crippen LogP contribution in [0.25, 0.3) is 0 Å². The van der Waals surface area contributed by atoms with E-state index < -0.39 is 0 Å². The summed E-state index contributed by atoms with van der Waals surface area (Å²) < 4.78 is 7.16. The van der Waals surface area contributed by atoms with Crippen LogP contribution in [0.2, 0.25) is 0 Å². The molecule has 1 atom stereocenters. The number of aromatic nitrogens is 3. The van der Waals surface area contributed by atoms with Gasteiger partial charge >= 0.3 is 0 Å². The lowest BCUT2D eigenvalue weighted by atomic mass is 9.95. The van der Waals surface area contributed by atoms with E-state index >= 15 is 0 Å². The molecule has 0 saturated carbocycles. The van der Waals surface area contributed by atoms with Crippen LogP contribution >= 0.6 is 0 Å². The summed E-state index contributed by atoms with van der Waals surface area (Å²) in [5.74, 6) is 1.06. The lowest BCUT2D eigenvalue weighted by Gasteiger charge is -2.20. The molecule has 1 aromatic rings. The molecule has 1 unspecified atom stereocenters. The molecule has 0 bridgehead atoms. The molecule has 0 N–H and O–H groups in total. The molecule has 2 heterocycles. The van der Waals surface area contributed by atoms with E-state index in [1.54, 1.807) is 0 Å². The average Bonchev–Trinajstić information content (AvgIpc) is 2.78. The number of rotatable bonds is 5. The lowest BCUT2D eigenvalue weighted by molar-refractivity contribution is -0.126. The number of carbonyl (C=O) groups is 1. The summed E-state index contributed by atoms with van der Waals surface area (Å²) in [6.45, 7) is 4.27. The zero-order valence-electron chi connectivity index (χ0n) is 10.3. The van der Waals surface area contributed by atoms with Crippen molar-refractivity contribution in [1.29, 1.82) is 0 Å². The number of Topliss-reactive ketones (excluding diaryl/α,β-unsaturated/α-hetero) is 1. The molecule has 17 heavy (non-hydrogen) atoms. The first-order valence-electron chi connectivity index (χ1n) is 6.28. The van der Waals surface area contributed by atoms with Crippen molar-refractivity contribution in [3.63, 3.8) is 0 Å². The van der Waals surface area contributed by atoms with E-state index in [4.69, 9.17) is 4.74 Å². The Morgan fingerprint density at radius 1 is 1.65 bits per heavy atom. The Morgan fingerprint density at radius 3 is 3.24 bits per heavy atom. The highest BCUT2D eigenvalue weighted by Gasteiger charge is 2.23. The van der Waals surface area contributed by atoms with Crippen molar-refractivity contribution >= 4 is 5.78 Å². The van der Waals surface area contributed by atoms with Gasteiger partial charge in [-0.2, -0.15) is 5.10 Å². The fraction of sp³-hybridized carbons (Fsp3) is 0.750. The quantitative estimate of drug-likeness (QED) is 0.772. The first-order chi connectivity index (χ1) is 8.31. The van der Waals surface area contributed by atoms with Gasteiger partial charge in [-0.05, 0) is 19.3 Å². The summed E-state index contributed by atoms with van der Waals surface area (Å²) in [7, 11) is 0. The van der Waals surface area contributed by atoms with Gasteiger partial charge in [0.05, 0.1) is 13.0 Å². The van der Waals surface area contributed by atoms with E-state index in [1.165, 1.54) is 6.33 Å². The standard InChI is InChI=1S/C12H19N3O2/c1-2-5-15-12(13-9-14-15)7-11(16)10-4-3-6-17-8-10/h9-10H,2-8H2,1H3. The van der Waals surface area contributed by atoms with Crippen LogP contribution in [0.15, 0.2) is 6.33 Å². The van der Waals surface area contributed by atoms with Crippen LogP contribution in [0.4, 0.5) is 0 Å². The molecule has 5 heteroatoms.